The predicted octanol–water partition coefficient (Wildman–Crippen LogP) is 4.28. The molecule has 1 fully saturated rings. The van der Waals surface area contributed by atoms with Crippen molar-refractivity contribution in [1.29, 1.82) is 0 Å². The molecule has 3 heteroatoms. The monoisotopic (exact) mass is 336 g/mol. The molecule has 1 N–H and O–H groups in total. The number of amides is 1. The first kappa shape index (κ1) is 17.7. The predicted molar refractivity (Wildman–Crippen MR) is 102 cm³/mol. The maximum absolute atomic E-state index is 11.7. The van der Waals surface area contributed by atoms with Gasteiger partial charge in [0, 0.05) is 32.1 Å². The Morgan fingerprint density at radius 1 is 1.04 bits per heavy atom. The summed E-state index contributed by atoms with van der Waals surface area (Å²) in [6, 6.07) is 15.6. The van der Waals surface area contributed by atoms with Crippen molar-refractivity contribution in [2.24, 2.45) is 0 Å². The van der Waals surface area contributed by atoms with Gasteiger partial charge in [-0.25, -0.2) is 0 Å². The Hall–Kier alpha value is -2.13. The van der Waals surface area contributed by atoms with E-state index in [1.54, 1.807) is 0 Å². The minimum Gasteiger partial charge on any atom is -0.338 e. The van der Waals surface area contributed by atoms with Crippen molar-refractivity contribution < 1.29 is 4.79 Å². The molecule has 2 aromatic rings. The van der Waals surface area contributed by atoms with Crippen LogP contribution in [0.3, 0.4) is 0 Å². The molecule has 3 nitrogen and oxygen atoms in total. The maximum atomic E-state index is 11.7. The van der Waals surface area contributed by atoms with Crippen LogP contribution in [0.4, 0.5) is 0 Å². The molecule has 0 bridgehead atoms. The lowest BCUT2D eigenvalue weighted by atomic mass is 10.0. The van der Waals surface area contributed by atoms with Gasteiger partial charge in [0.2, 0.25) is 5.91 Å². The second kappa shape index (κ2) is 7.83. The number of carbonyl (C=O) groups is 1. The molecule has 1 atom stereocenters. The van der Waals surface area contributed by atoms with Crippen LogP contribution in [0.1, 0.15) is 53.6 Å². The zero-order valence-corrected chi connectivity index (χ0v) is 15.5. The normalized spacial score (nSPS) is 15.6. The third kappa shape index (κ3) is 4.49. The molecule has 132 valence electrons. The van der Waals surface area contributed by atoms with E-state index in [2.05, 4.69) is 68.6 Å². The molecule has 1 aliphatic rings. The number of hydrogen-bond acceptors (Lipinski definition) is 2. The van der Waals surface area contributed by atoms with Gasteiger partial charge in [-0.05, 0) is 55.0 Å². The third-order valence-electron chi connectivity index (χ3n) is 5.21. The van der Waals surface area contributed by atoms with Gasteiger partial charge in [-0.3, -0.25) is 4.79 Å². The van der Waals surface area contributed by atoms with Gasteiger partial charge in [-0.1, -0.05) is 42.5 Å². The van der Waals surface area contributed by atoms with Crippen molar-refractivity contribution in [2.45, 2.75) is 52.7 Å². The first-order chi connectivity index (χ1) is 12.0. The number of likely N-dealkylation sites (tertiary alicyclic amines) is 1. The highest BCUT2D eigenvalue weighted by Crippen LogP contribution is 2.18. The molecule has 0 radical (unpaired) electrons. The quantitative estimate of drug-likeness (QED) is 0.854. The van der Waals surface area contributed by atoms with E-state index in [0.29, 0.717) is 12.5 Å². The third-order valence-corrected chi connectivity index (χ3v) is 5.21. The summed E-state index contributed by atoms with van der Waals surface area (Å²) in [6.07, 6.45) is 1.70. The number of benzene rings is 2. The standard InChI is InChI=1S/C22H28N2O/c1-16-6-11-21(13-17(16)2)18(3)23-14-19-7-9-20(10-8-19)15-24-12-4-5-22(24)25/h6-11,13,18,23H,4-5,12,14-15H2,1-3H3/t18-/m0/s1. The highest BCUT2D eigenvalue weighted by atomic mass is 16.2. The van der Waals surface area contributed by atoms with Gasteiger partial charge in [-0.15, -0.1) is 0 Å². The number of nitrogens with zero attached hydrogens (tertiary/aromatic N) is 1. The first-order valence-electron chi connectivity index (χ1n) is 9.19. The van der Waals surface area contributed by atoms with Crippen molar-refractivity contribution in [3.8, 4) is 0 Å². The lowest BCUT2D eigenvalue weighted by Gasteiger charge is -2.17. The fourth-order valence-electron chi connectivity index (χ4n) is 3.28. The zero-order chi connectivity index (χ0) is 17.8. The molecule has 25 heavy (non-hydrogen) atoms. The van der Waals surface area contributed by atoms with E-state index < -0.39 is 0 Å². The highest BCUT2D eigenvalue weighted by Gasteiger charge is 2.19. The number of nitrogens with one attached hydrogen (secondary N) is 1. The fourth-order valence-corrected chi connectivity index (χ4v) is 3.28. The van der Waals surface area contributed by atoms with Crippen LogP contribution < -0.4 is 5.32 Å². The lowest BCUT2D eigenvalue weighted by molar-refractivity contribution is -0.128. The highest BCUT2D eigenvalue weighted by molar-refractivity contribution is 5.78. The van der Waals surface area contributed by atoms with Gasteiger partial charge < -0.3 is 10.2 Å². The van der Waals surface area contributed by atoms with Crippen LogP contribution in [0.15, 0.2) is 42.5 Å². The number of carbonyl (C=O) groups excluding carboxylic acids is 1. The van der Waals surface area contributed by atoms with Crippen LogP contribution in [-0.2, 0) is 17.9 Å². The van der Waals surface area contributed by atoms with Crippen LogP contribution >= 0.6 is 0 Å². The summed E-state index contributed by atoms with van der Waals surface area (Å²) in [5.74, 6) is 0.285. The van der Waals surface area contributed by atoms with Gasteiger partial charge in [0.25, 0.3) is 0 Å². The number of rotatable bonds is 6. The van der Waals surface area contributed by atoms with E-state index in [-0.39, 0.29) is 5.91 Å². The molecule has 0 saturated carbocycles. The molecule has 1 heterocycles. The van der Waals surface area contributed by atoms with Gasteiger partial charge in [0.05, 0.1) is 0 Å². The minimum absolute atomic E-state index is 0.285. The molecule has 0 unspecified atom stereocenters. The van der Waals surface area contributed by atoms with Crippen LogP contribution in [-0.4, -0.2) is 17.4 Å². The maximum Gasteiger partial charge on any atom is 0.222 e. The van der Waals surface area contributed by atoms with Crippen molar-refractivity contribution in [1.82, 2.24) is 10.2 Å². The largest absolute Gasteiger partial charge is 0.338 e. The topological polar surface area (TPSA) is 32.3 Å². The van der Waals surface area contributed by atoms with E-state index in [0.717, 1.165) is 26.1 Å². The fraction of sp³-hybridized carbons (Fsp3) is 0.409. The Kier molecular flexibility index (Phi) is 5.54. The molecule has 0 aromatic heterocycles. The summed E-state index contributed by atoms with van der Waals surface area (Å²) in [5, 5.41) is 3.60. The van der Waals surface area contributed by atoms with Crippen molar-refractivity contribution in [3.05, 3.63) is 70.3 Å². The Morgan fingerprint density at radius 3 is 2.40 bits per heavy atom. The van der Waals surface area contributed by atoms with Gasteiger partial charge in [-0.2, -0.15) is 0 Å². The first-order valence-corrected chi connectivity index (χ1v) is 9.19. The molecule has 1 amide bonds. The van der Waals surface area contributed by atoms with Crippen LogP contribution in [0.25, 0.3) is 0 Å². The zero-order valence-electron chi connectivity index (χ0n) is 15.5. The molecule has 3 rings (SSSR count). The van der Waals surface area contributed by atoms with E-state index in [1.807, 2.05) is 4.90 Å². The Balaban J connectivity index is 1.54. The van der Waals surface area contributed by atoms with Crippen molar-refractivity contribution >= 4 is 5.91 Å². The Morgan fingerprint density at radius 2 is 1.76 bits per heavy atom. The summed E-state index contributed by atoms with van der Waals surface area (Å²) in [4.78, 5) is 13.7. The second-order valence-corrected chi connectivity index (χ2v) is 7.18. The van der Waals surface area contributed by atoms with E-state index in [9.17, 15) is 4.79 Å². The average molecular weight is 336 g/mol. The summed E-state index contributed by atoms with van der Waals surface area (Å²) in [7, 11) is 0. The van der Waals surface area contributed by atoms with Crippen LogP contribution in [0, 0.1) is 13.8 Å². The van der Waals surface area contributed by atoms with E-state index in [1.165, 1.54) is 27.8 Å². The summed E-state index contributed by atoms with van der Waals surface area (Å²) >= 11 is 0. The minimum atomic E-state index is 0.285. The average Bonchev–Trinajstić information content (AvgIpc) is 3.01. The number of aryl methyl sites for hydroxylation is 2. The SMILES string of the molecule is Cc1ccc([C@H](C)NCc2ccc(CN3CCCC3=O)cc2)cc1C. The lowest BCUT2D eigenvalue weighted by Crippen LogP contribution is -2.23. The van der Waals surface area contributed by atoms with Gasteiger partial charge >= 0.3 is 0 Å². The summed E-state index contributed by atoms with van der Waals surface area (Å²) in [6.45, 7) is 9.00. The smallest absolute Gasteiger partial charge is 0.222 e. The van der Waals surface area contributed by atoms with E-state index >= 15 is 0 Å². The molecule has 2 aromatic carbocycles. The Labute approximate surface area is 151 Å². The van der Waals surface area contributed by atoms with Crippen LogP contribution in [0.5, 0.6) is 0 Å². The summed E-state index contributed by atoms with van der Waals surface area (Å²) in [5.41, 5.74) is 6.48. The molecule has 1 aliphatic heterocycles. The molecule has 0 aliphatic carbocycles. The molecular formula is C22H28N2O. The molecule has 1 saturated heterocycles. The van der Waals surface area contributed by atoms with E-state index in [4.69, 9.17) is 0 Å². The summed E-state index contributed by atoms with van der Waals surface area (Å²) < 4.78 is 0. The second-order valence-electron chi connectivity index (χ2n) is 7.18. The molecule has 0 spiro atoms. The van der Waals surface area contributed by atoms with Crippen molar-refractivity contribution in [2.75, 3.05) is 6.54 Å². The van der Waals surface area contributed by atoms with Gasteiger partial charge in [0.15, 0.2) is 0 Å². The van der Waals surface area contributed by atoms with Crippen LogP contribution in [0.2, 0.25) is 0 Å². The number of hydrogen-bond donors (Lipinski definition) is 1. The molecular weight excluding hydrogens is 308 g/mol. The van der Waals surface area contributed by atoms with Gasteiger partial charge in [0.1, 0.15) is 0 Å². The Bertz CT molecular complexity index is 736. The van der Waals surface area contributed by atoms with Crippen molar-refractivity contribution in [3.63, 3.8) is 0 Å².